The Labute approximate surface area is 124 Å². The van der Waals surface area contributed by atoms with Crippen molar-refractivity contribution in [2.45, 2.75) is 13.3 Å². The molecule has 4 N–H and O–H groups in total. The number of hydrogen-bond donors (Lipinski definition) is 3. The van der Waals surface area contributed by atoms with Crippen molar-refractivity contribution in [3.05, 3.63) is 23.3 Å². The van der Waals surface area contributed by atoms with Gasteiger partial charge in [0.15, 0.2) is 0 Å². The maximum Gasteiger partial charge on any atom is 0.336 e. The van der Waals surface area contributed by atoms with Gasteiger partial charge in [-0.05, 0) is 24.1 Å². The van der Waals surface area contributed by atoms with Crippen molar-refractivity contribution in [2.75, 3.05) is 50.4 Å². The number of nitrogens with one attached hydrogen (secondary N) is 1. The van der Waals surface area contributed by atoms with E-state index in [1.165, 1.54) is 0 Å². The van der Waals surface area contributed by atoms with E-state index >= 15 is 0 Å². The van der Waals surface area contributed by atoms with Crippen molar-refractivity contribution >= 4 is 17.3 Å². The number of ether oxygens (including phenoxy) is 1. The van der Waals surface area contributed by atoms with Gasteiger partial charge in [0.2, 0.25) is 0 Å². The van der Waals surface area contributed by atoms with Gasteiger partial charge in [0.05, 0.1) is 30.2 Å². The highest BCUT2D eigenvalue weighted by molar-refractivity contribution is 5.93. The Morgan fingerprint density at radius 3 is 2.76 bits per heavy atom. The van der Waals surface area contributed by atoms with Crippen LogP contribution in [0.1, 0.15) is 22.8 Å². The Bertz CT molecular complexity index is 499. The molecule has 0 radical (unpaired) electrons. The lowest BCUT2D eigenvalue weighted by Gasteiger charge is -2.26. The summed E-state index contributed by atoms with van der Waals surface area (Å²) in [5.74, 6) is -0.932. The molecule has 2 rings (SSSR count). The van der Waals surface area contributed by atoms with Gasteiger partial charge in [0, 0.05) is 26.2 Å². The molecular formula is C15H23N3O3. The normalized spacial score (nSPS) is 15.9. The van der Waals surface area contributed by atoms with Crippen LogP contribution in [-0.2, 0) is 11.2 Å². The van der Waals surface area contributed by atoms with E-state index in [2.05, 4.69) is 10.2 Å². The minimum absolute atomic E-state index is 0.286. The minimum atomic E-state index is -0.932. The molecule has 1 aromatic carbocycles. The van der Waals surface area contributed by atoms with Crippen molar-refractivity contribution < 1.29 is 14.6 Å². The van der Waals surface area contributed by atoms with Crippen molar-refractivity contribution in [2.24, 2.45) is 0 Å². The number of hydrogen-bond acceptors (Lipinski definition) is 5. The van der Waals surface area contributed by atoms with Gasteiger partial charge >= 0.3 is 5.97 Å². The van der Waals surface area contributed by atoms with Crippen LogP contribution in [0.25, 0.3) is 0 Å². The number of nitrogen functional groups attached to an aromatic ring is 1. The van der Waals surface area contributed by atoms with Gasteiger partial charge < -0.3 is 20.9 Å². The van der Waals surface area contributed by atoms with Crippen LogP contribution in [-0.4, -0.2) is 55.4 Å². The molecule has 0 atom stereocenters. The SMILES string of the molecule is CCc1c(C(=O)O)ccc(NCCN2CCOCC2)c1N. The fourth-order valence-electron chi connectivity index (χ4n) is 2.57. The number of anilines is 2. The Morgan fingerprint density at radius 1 is 1.43 bits per heavy atom. The number of morpholine rings is 1. The quantitative estimate of drug-likeness (QED) is 0.685. The van der Waals surface area contributed by atoms with Crippen LogP contribution in [0.5, 0.6) is 0 Å². The van der Waals surface area contributed by atoms with E-state index in [9.17, 15) is 4.79 Å². The van der Waals surface area contributed by atoms with Gasteiger partial charge in [-0.1, -0.05) is 6.92 Å². The van der Waals surface area contributed by atoms with Gasteiger partial charge in [-0.15, -0.1) is 0 Å². The average Bonchev–Trinajstić information content (AvgIpc) is 2.49. The zero-order valence-corrected chi connectivity index (χ0v) is 12.4. The van der Waals surface area contributed by atoms with Gasteiger partial charge in [-0.2, -0.15) is 0 Å². The lowest BCUT2D eigenvalue weighted by Crippen LogP contribution is -2.39. The minimum Gasteiger partial charge on any atom is -0.478 e. The molecule has 0 amide bonds. The summed E-state index contributed by atoms with van der Waals surface area (Å²) in [7, 11) is 0. The Morgan fingerprint density at radius 2 is 2.14 bits per heavy atom. The number of nitrogens with zero attached hydrogens (tertiary/aromatic N) is 1. The maximum atomic E-state index is 11.2. The van der Waals surface area contributed by atoms with Crippen LogP contribution in [0, 0.1) is 0 Å². The summed E-state index contributed by atoms with van der Waals surface area (Å²) in [6, 6.07) is 3.37. The first-order valence-electron chi connectivity index (χ1n) is 7.32. The first kappa shape index (κ1) is 15.6. The zero-order chi connectivity index (χ0) is 15.2. The van der Waals surface area contributed by atoms with E-state index in [-0.39, 0.29) is 5.56 Å². The van der Waals surface area contributed by atoms with Crippen molar-refractivity contribution in [3.63, 3.8) is 0 Å². The molecule has 116 valence electrons. The summed E-state index contributed by atoms with van der Waals surface area (Å²) in [4.78, 5) is 13.5. The Balaban J connectivity index is 1.98. The van der Waals surface area contributed by atoms with E-state index in [0.717, 1.165) is 45.1 Å². The van der Waals surface area contributed by atoms with Crippen LogP contribution in [0.3, 0.4) is 0 Å². The molecule has 0 unspecified atom stereocenters. The van der Waals surface area contributed by atoms with Gasteiger partial charge in [0.1, 0.15) is 0 Å². The fraction of sp³-hybridized carbons (Fsp3) is 0.533. The molecule has 21 heavy (non-hydrogen) atoms. The van der Waals surface area contributed by atoms with Crippen molar-refractivity contribution in [1.82, 2.24) is 4.90 Å². The molecule has 1 aromatic rings. The predicted octanol–water partition coefficient (Wildman–Crippen LogP) is 1.27. The predicted molar refractivity (Wildman–Crippen MR) is 82.9 cm³/mol. The van der Waals surface area contributed by atoms with E-state index < -0.39 is 5.97 Å². The molecule has 0 bridgehead atoms. The molecule has 1 heterocycles. The number of carboxylic acid groups (broad SMARTS) is 1. The highest BCUT2D eigenvalue weighted by atomic mass is 16.5. The number of carboxylic acids is 1. The summed E-state index contributed by atoms with van der Waals surface area (Å²) >= 11 is 0. The van der Waals surface area contributed by atoms with Gasteiger partial charge in [-0.3, -0.25) is 4.90 Å². The molecule has 1 aliphatic heterocycles. The average molecular weight is 293 g/mol. The van der Waals surface area contributed by atoms with Gasteiger partial charge in [0.25, 0.3) is 0 Å². The molecule has 1 aliphatic rings. The summed E-state index contributed by atoms with van der Waals surface area (Å²) < 4.78 is 5.31. The van der Waals surface area contributed by atoms with Crippen LogP contribution in [0.4, 0.5) is 11.4 Å². The second-order valence-corrected chi connectivity index (χ2v) is 5.09. The molecule has 1 saturated heterocycles. The topological polar surface area (TPSA) is 87.8 Å². The second kappa shape index (κ2) is 7.28. The third-order valence-electron chi connectivity index (χ3n) is 3.79. The van der Waals surface area contributed by atoms with E-state index in [1.807, 2.05) is 6.92 Å². The molecule has 0 aromatic heterocycles. The number of nitrogens with two attached hydrogens (primary N) is 1. The Hall–Kier alpha value is -1.79. The van der Waals surface area contributed by atoms with E-state index in [0.29, 0.717) is 17.7 Å². The largest absolute Gasteiger partial charge is 0.478 e. The highest BCUT2D eigenvalue weighted by Gasteiger charge is 2.15. The smallest absolute Gasteiger partial charge is 0.336 e. The van der Waals surface area contributed by atoms with Crippen molar-refractivity contribution in [1.29, 1.82) is 0 Å². The van der Waals surface area contributed by atoms with E-state index in [1.54, 1.807) is 12.1 Å². The lowest BCUT2D eigenvalue weighted by molar-refractivity contribution is 0.0398. The van der Waals surface area contributed by atoms with Crippen molar-refractivity contribution in [3.8, 4) is 0 Å². The third-order valence-corrected chi connectivity index (χ3v) is 3.79. The Kier molecular flexibility index (Phi) is 5.41. The summed E-state index contributed by atoms with van der Waals surface area (Å²) in [6.45, 7) is 7.09. The maximum absolute atomic E-state index is 11.2. The molecule has 6 heteroatoms. The zero-order valence-electron chi connectivity index (χ0n) is 12.4. The summed E-state index contributed by atoms with van der Waals surface area (Å²) in [5.41, 5.74) is 8.42. The van der Waals surface area contributed by atoms with Gasteiger partial charge in [-0.25, -0.2) is 4.79 Å². The van der Waals surface area contributed by atoms with Crippen LogP contribution < -0.4 is 11.1 Å². The first-order valence-corrected chi connectivity index (χ1v) is 7.32. The molecule has 0 aliphatic carbocycles. The fourth-order valence-corrected chi connectivity index (χ4v) is 2.57. The highest BCUT2D eigenvalue weighted by Crippen LogP contribution is 2.26. The summed E-state index contributed by atoms with van der Waals surface area (Å²) in [6.07, 6.45) is 0.604. The third kappa shape index (κ3) is 3.86. The second-order valence-electron chi connectivity index (χ2n) is 5.09. The first-order chi connectivity index (χ1) is 10.1. The summed E-state index contributed by atoms with van der Waals surface area (Å²) in [5, 5.41) is 12.5. The number of aromatic carboxylic acids is 1. The molecular weight excluding hydrogens is 270 g/mol. The number of rotatable bonds is 6. The lowest BCUT2D eigenvalue weighted by atomic mass is 10.0. The van der Waals surface area contributed by atoms with Crippen LogP contribution >= 0.6 is 0 Å². The standard InChI is InChI=1S/C15H23N3O3/c1-2-11-12(15(19)20)3-4-13(14(11)16)17-5-6-18-7-9-21-10-8-18/h3-4,17H,2,5-10,16H2,1H3,(H,19,20). The monoisotopic (exact) mass is 293 g/mol. The molecule has 0 saturated carbocycles. The number of carbonyl (C=O) groups is 1. The van der Waals surface area contributed by atoms with Crippen LogP contribution in [0.15, 0.2) is 12.1 Å². The molecule has 6 nitrogen and oxygen atoms in total. The van der Waals surface area contributed by atoms with E-state index in [4.69, 9.17) is 15.6 Å². The van der Waals surface area contributed by atoms with Crippen LogP contribution in [0.2, 0.25) is 0 Å². The number of benzene rings is 1. The molecule has 1 fully saturated rings. The molecule has 0 spiro atoms.